The molecule has 1 aliphatic carbocycles. The molecule has 3 atom stereocenters. The molecule has 0 unspecified atom stereocenters. The first-order chi connectivity index (χ1) is 21.9. The highest BCUT2D eigenvalue weighted by Crippen LogP contribution is 2.49. The van der Waals surface area contributed by atoms with Gasteiger partial charge in [-0.25, -0.2) is 9.78 Å². The second-order valence-corrected chi connectivity index (χ2v) is 13.5. The van der Waals surface area contributed by atoms with Crippen molar-refractivity contribution in [2.24, 2.45) is 13.0 Å². The number of nitrogen functional groups attached to an aromatic ring is 1. The van der Waals surface area contributed by atoms with E-state index in [2.05, 4.69) is 78.6 Å². The fraction of sp³-hybridized carbons (Fsp3) is 0.344. The minimum absolute atomic E-state index is 0.172. The Hall–Kier alpha value is -3.72. The maximum Gasteiger partial charge on any atom is 0.573 e. The lowest BCUT2D eigenvalue weighted by Crippen LogP contribution is -2.59. The van der Waals surface area contributed by atoms with Crippen molar-refractivity contribution in [3.63, 3.8) is 0 Å². The smallest absolute Gasteiger partial charge is 0.462 e. The zero-order chi connectivity index (χ0) is 32.8. The first kappa shape index (κ1) is 32.2. The number of fused-ring (bicyclic) bond motifs is 3. The third kappa shape index (κ3) is 6.31. The first-order valence-corrected chi connectivity index (χ1v) is 16.0. The lowest BCUT2D eigenvalue weighted by molar-refractivity contribution is -0.274. The van der Waals surface area contributed by atoms with Crippen molar-refractivity contribution in [2.75, 3.05) is 33.0 Å². The summed E-state index contributed by atoms with van der Waals surface area (Å²) in [7, 11) is 6.07. The van der Waals surface area contributed by atoms with Gasteiger partial charge in [-0.3, -0.25) is 9.88 Å². The number of aromatic nitrogens is 3. The molecule has 46 heavy (non-hydrogen) atoms. The van der Waals surface area contributed by atoms with E-state index < -0.39 is 12.0 Å². The highest BCUT2D eigenvalue weighted by Gasteiger charge is 2.52. The topological polar surface area (TPSA) is 105 Å². The predicted octanol–water partition coefficient (Wildman–Crippen LogP) is 6.69. The molecule has 0 spiro atoms. The van der Waals surface area contributed by atoms with E-state index in [-0.39, 0.29) is 23.7 Å². The third-order valence-electron chi connectivity index (χ3n) is 8.54. The van der Waals surface area contributed by atoms with E-state index in [1.807, 2.05) is 7.11 Å². The second-order valence-electron chi connectivity index (χ2n) is 11.5. The highest BCUT2D eigenvalue weighted by molar-refractivity contribution is 9.10. The van der Waals surface area contributed by atoms with Gasteiger partial charge < -0.3 is 24.5 Å². The van der Waals surface area contributed by atoms with E-state index in [0.717, 1.165) is 35.2 Å². The number of alkyl halides is 3. The molecule has 3 aromatic heterocycles. The molecule has 7 rings (SSSR count). The molecular weight excluding hydrogens is 687 g/mol. The molecule has 9 nitrogen and oxygen atoms in total. The Morgan fingerprint density at radius 3 is 2.74 bits per heavy atom. The summed E-state index contributed by atoms with van der Waals surface area (Å²) in [5, 5.41) is 1.63. The van der Waals surface area contributed by atoms with Crippen LogP contribution in [0, 0.1) is 5.92 Å². The SMILES string of the molecule is CO[C@]12C[C@@H](COC(=O)c3cncc(Br)c3)CN(C)[C@@H]1Cc1cn(C)c3cccc2c13.Nc1nc2ccc(OC(F)(F)F)cc2s1. The van der Waals surface area contributed by atoms with Gasteiger partial charge in [0.05, 0.1) is 22.4 Å². The molecule has 0 saturated carbocycles. The quantitative estimate of drug-likeness (QED) is 0.201. The Balaban J connectivity index is 0.000000208. The van der Waals surface area contributed by atoms with E-state index in [1.165, 1.54) is 46.4 Å². The number of methoxy groups -OCH3 is 1. The summed E-state index contributed by atoms with van der Waals surface area (Å²) in [4.78, 5) is 22.9. The van der Waals surface area contributed by atoms with Crippen molar-refractivity contribution in [2.45, 2.75) is 30.8 Å². The number of aryl methyl sites for hydroxylation is 1. The van der Waals surface area contributed by atoms with Gasteiger partial charge in [-0.15, -0.1) is 13.2 Å². The molecule has 4 heterocycles. The minimum atomic E-state index is -4.68. The van der Waals surface area contributed by atoms with Crippen molar-refractivity contribution < 1.29 is 32.2 Å². The van der Waals surface area contributed by atoms with Crippen LogP contribution in [-0.4, -0.2) is 65.1 Å². The number of halogens is 4. The number of esters is 1. The monoisotopic (exact) mass is 717 g/mol. The summed E-state index contributed by atoms with van der Waals surface area (Å²) in [5.74, 6) is -0.439. The number of piperidine rings is 1. The minimum Gasteiger partial charge on any atom is -0.462 e. The van der Waals surface area contributed by atoms with E-state index in [4.69, 9.17) is 15.2 Å². The molecule has 1 fully saturated rings. The van der Waals surface area contributed by atoms with Crippen LogP contribution < -0.4 is 10.5 Å². The molecule has 1 saturated heterocycles. The van der Waals surface area contributed by atoms with Crippen LogP contribution in [0.5, 0.6) is 5.75 Å². The van der Waals surface area contributed by atoms with E-state index in [0.29, 0.717) is 27.5 Å². The van der Waals surface area contributed by atoms with Gasteiger partial charge >= 0.3 is 12.3 Å². The predicted molar refractivity (Wildman–Crippen MR) is 173 cm³/mol. The molecule has 0 bridgehead atoms. The summed E-state index contributed by atoms with van der Waals surface area (Å²) >= 11 is 4.47. The van der Waals surface area contributed by atoms with Crippen LogP contribution in [0.1, 0.15) is 27.9 Å². The van der Waals surface area contributed by atoms with Gasteiger partial charge in [-0.1, -0.05) is 23.5 Å². The van der Waals surface area contributed by atoms with Crippen molar-refractivity contribution in [1.82, 2.24) is 19.4 Å². The van der Waals surface area contributed by atoms with Gasteiger partial charge in [0.25, 0.3) is 0 Å². The van der Waals surface area contributed by atoms with Crippen LogP contribution in [0.2, 0.25) is 0 Å². The molecule has 1 aliphatic heterocycles. The largest absolute Gasteiger partial charge is 0.573 e. The lowest BCUT2D eigenvalue weighted by atomic mass is 9.69. The number of ether oxygens (including phenoxy) is 3. The van der Waals surface area contributed by atoms with Gasteiger partial charge in [0.2, 0.25) is 0 Å². The summed E-state index contributed by atoms with van der Waals surface area (Å²) in [6, 6.07) is 12.4. The van der Waals surface area contributed by atoms with Crippen LogP contribution in [0.25, 0.3) is 21.1 Å². The van der Waals surface area contributed by atoms with Gasteiger partial charge in [-0.2, -0.15) is 0 Å². The number of hydrogen-bond acceptors (Lipinski definition) is 9. The Morgan fingerprint density at radius 2 is 2.00 bits per heavy atom. The number of anilines is 1. The van der Waals surface area contributed by atoms with Crippen molar-refractivity contribution >= 4 is 59.5 Å². The number of benzene rings is 2. The Morgan fingerprint density at radius 1 is 1.20 bits per heavy atom. The van der Waals surface area contributed by atoms with Crippen molar-refractivity contribution in [3.05, 3.63) is 82.2 Å². The maximum absolute atomic E-state index is 12.5. The number of nitrogens with zero attached hydrogens (tertiary/aromatic N) is 4. The molecule has 14 heteroatoms. The third-order valence-corrected chi connectivity index (χ3v) is 9.82. The van der Waals surface area contributed by atoms with E-state index in [1.54, 1.807) is 12.3 Å². The van der Waals surface area contributed by atoms with Gasteiger partial charge in [0.15, 0.2) is 5.13 Å². The van der Waals surface area contributed by atoms with Crippen molar-refractivity contribution in [3.8, 4) is 5.75 Å². The van der Waals surface area contributed by atoms with Crippen LogP contribution >= 0.6 is 27.3 Å². The number of pyridine rings is 1. The molecule has 0 radical (unpaired) electrons. The summed E-state index contributed by atoms with van der Waals surface area (Å²) < 4.78 is 55.0. The number of hydrogen-bond donors (Lipinski definition) is 1. The number of nitrogens with two attached hydrogens (primary N) is 1. The number of likely N-dealkylation sites (tertiary alicyclic amines) is 1. The van der Waals surface area contributed by atoms with Gasteiger partial charge in [0, 0.05) is 72.7 Å². The zero-order valence-electron chi connectivity index (χ0n) is 25.2. The van der Waals surface area contributed by atoms with Gasteiger partial charge in [0.1, 0.15) is 11.4 Å². The Kier molecular flexibility index (Phi) is 8.74. The number of likely N-dealkylation sites (N-methyl/N-ethyl adjacent to an activating group) is 1. The fourth-order valence-electron chi connectivity index (χ4n) is 6.75. The van der Waals surface area contributed by atoms with Crippen LogP contribution in [0.15, 0.2) is 65.5 Å². The summed E-state index contributed by atoms with van der Waals surface area (Å²) in [5.41, 5.74) is 9.87. The normalized spacial score (nSPS) is 21.0. The second kappa shape index (κ2) is 12.5. The van der Waals surface area contributed by atoms with Crippen LogP contribution in [0.4, 0.5) is 18.3 Å². The standard InChI is InChI=1S/C24H26BrN3O3.C8H5F3N2OS/c1-27-13-17-8-21-24(30-3,19-5-4-6-20(27)22(17)19)9-15(12-28(21)2)14-31-23(29)16-7-18(25)11-26-10-16;9-8(10,11)14-4-1-2-5-6(3-4)15-7(12)13-5/h4-7,10-11,13,15,21H,8-9,12,14H2,1-3H3;1-3H,(H2,12,13)/t15-,21-,24+;/m1./s1. The number of carbonyl (C=O) groups is 1. The molecule has 2 aromatic carbocycles. The van der Waals surface area contributed by atoms with Gasteiger partial charge in [-0.05, 0) is 71.2 Å². The zero-order valence-corrected chi connectivity index (χ0v) is 27.6. The lowest BCUT2D eigenvalue weighted by Gasteiger charge is -2.53. The maximum atomic E-state index is 12.5. The van der Waals surface area contributed by atoms with Crippen LogP contribution in [0.3, 0.4) is 0 Å². The average molecular weight is 719 g/mol. The number of carbonyl (C=O) groups excluding carboxylic acids is 1. The van der Waals surface area contributed by atoms with Crippen molar-refractivity contribution in [1.29, 1.82) is 0 Å². The molecule has 5 aromatic rings. The van der Waals surface area contributed by atoms with E-state index in [9.17, 15) is 18.0 Å². The molecule has 2 N–H and O–H groups in total. The first-order valence-electron chi connectivity index (χ1n) is 14.4. The summed E-state index contributed by atoms with van der Waals surface area (Å²) in [6.07, 6.45) is 2.53. The van der Waals surface area contributed by atoms with E-state index >= 15 is 0 Å². The molecule has 242 valence electrons. The molecule has 2 aliphatic rings. The molecule has 0 amide bonds. The fourth-order valence-corrected chi connectivity index (χ4v) is 7.87. The summed E-state index contributed by atoms with van der Waals surface area (Å²) in [6.45, 7) is 1.21. The van der Waals surface area contributed by atoms with Crippen LogP contribution in [-0.2, 0) is 28.5 Å². The highest BCUT2D eigenvalue weighted by atomic mass is 79.9. The number of thiazole rings is 1. The Labute approximate surface area is 275 Å². The average Bonchev–Trinajstić information content (AvgIpc) is 3.54. The number of rotatable bonds is 5. The molecular formula is C32H31BrF3N5O4S. The Bertz CT molecular complexity index is 1910.